The van der Waals surface area contributed by atoms with Crippen molar-refractivity contribution >= 4 is 29.2 Å². The van der Waals surface area contributed by atoms with Gasteiger partial charge in [0.2, 0.25) is 5.91 Å². The maximum Gasteiger partial charge on any atom is 0.389 e. The zero-order chi connectivity index (χ0) is 33.8. The van der Waals surface area contributed by atoms with Crippen molar-refractivity contribution in [1.82, 2.24) is 19.6 Å². The number of nitrogens with zero attached hydrogens (tertiary/aromatic N) is 6. The zero-order valence-corrected chi connectivity index (χ0v) is 28.1. The number of amides is 2. The molecule has 0 spiro atoms. The molecule has 2 amide bonds. The number of alkyl halides is 3. The number of carbonyl (C=O) groups excluding carboxylic acids is 2. The van der Waals surface area contributed by atoms with Gasteiger partial charge in [-0.05, 0) is 113 Å². The Balaban J connectivity index is 1.16. The van der Waals surface area contributed by atoms with Gasteiger partial charge in [-0.15, -0.1) is 0 Å². The van der Waals surface area contributed by atoms with Crippen molar-refractivity contribution in [2.75, 3.05) is 39.8 Å². The van der Waals surface area contributed by atoms with Crippen molar-refractivity contribution in [2.24, 2.45) is 15.9 Å². The van der Waals surface area contributed by atoms with E-state index in [4.69, 9.17) is 9.98 Å². The summed E-state index contributed by atoms with van der Waals surface area (Å²) in [7, 11) is 2.17. The van der Waals surface area contributed by atoms with Crippen molar-refractivity contribution in [3.63, 3.8) is 0 Å². The van der Waals surface area contributed by atoms with Gasteiger partial charge in [-0.3, -0.25) is 9.59 Å². The Morgan fingerprint density at radius 1 is 1.02 bits per heavy atom. The lowest BCUT2D eigenvalue weighted by atomic mass is 9.83. The molecule has 1 aromatic carbocycles. The lowest BCUT2D eigenvalue weighted by Gasteiger charge is -2.43. The standard InChI is InChI=1S/C37H47F3N6O2/c1-3-30-25-33(42-35-31(7-6-20-45(30)35)26-16-23-44(24-17-26)34(47)13-18-37(38,39)40)41-29-11-9-28(10-12-29)36(48)46-19-5-4-8-32(46)27-14-21-43(2)22-15-27/h6-7,9-12,16,20,27,30,32H,3-5,8,13-15,17-19,21-25H2,1-2H3. The lowest BCUT2D eigenvalue weighted by molar-refractivity contribution is -0.148. The molecule has 2 atom stereocenters. The molecule has 0 N–H and O–H groups in total. The molecule has 0 saturated carbocycles. The van der Waals surface area contributed by atoms with Crippen LogP contribution in [0.5, 0.6) is 0 Å². The molecule has 0 aliphatic carbocycles. The third-order valence-electron chi connectivity index (χ3n) is 10.5. The van der Waals surface area contributed by atoms with Crippen molar-refractivity contribution in [3.05, 3.63) is 65.4 Å². The summed E-state index contributed by atoms with van der Waals surface area (Å²) >= 11 is 0. The molecule has 5 heterocycles. The summed E-state index contributed by atoms with van der Waals surface area (Å²) in [5.41, 5.74) is 3.43. The number of likely N-dealkylation sites (tertiary alicyclic amines) is 2. The molecule has 0 bridgehead atoms. The molecule has 5 aliphatic rings. The number of allylic oxidation sites excluding steroid dienone is 2. The first-order valence-electron chi connectivity index (χ1n) is 17.6. The van der Waals surface area contributed by atoms with Crippen LogP contribution in [-0.4, -0.2) is 101 Å². The Morgan fingerprint density at radius 3 is 2.48 bits per heavy atom. The third-order valence-corrected chi connectivity index (χ3v) is 10.5. The minimum absolute atomic E-state index is 0.113. The van der Waals surface area contributed by atoms with E-state index in [2.05, 4.69) is 28.7 Å². The molecule has 5 aliphatic heterocycles. The average Bonchev–Trinajstić information content (AvgIpc) is 3.10. The van der Waals surface area contributed by atoms with Gasteiger partial charge in [0.25, 0.3) is 5.91 Å². The van der Waals surface area contributed by atoms with E-state index in [-0.39, 0.29) is 18.5 Å². The maximum atomic E-state index is 13.7. The normalized spacial score (nSPS) is 25.1. The van der Waals surface area contributed by atoms with E-state index in [1.165, 1.54) is 11.3 Å². The average molecular weight is 665 g/mol. The summed E-state index contributed by atoms with van der Waals surface area (Å²) < 4.78 is 37.9. The highest BCUT2D eigenvalue weighted by Gasteiger charge is 2.36. The monoisotopic (exact) mass is 664 g/mol. The van der Waals surface area contributed by atoms with Crippen LogP contribution in [0.25, 0.3) is 0 Å². The number of rotatable bonds is 7. The molecule has 258 valence electrons. The highest BCUT2D eigenvalue weighted by molar-refractivity contribution is 6.12. The Bertz CT molecular complexity index is 1500. The van der Waals surface area contributed by atoms with Gasteiger partial charge in [0.05, 0.1) is 12.1 Å². The Kier molecular flexibility index (Phi) is 10.5. The number of hydrogen-bond acceptors (Lipinski definition) is 5. The van der Waals surface area contributed by atoms with Gasteiger partial charge in [0.1, 0.15) is 11.7 Å². The number of benzene rings is 1. The van der Waals surface area contributed by atoms with Crippen LogP contribution in [0.4, 0.5) is 18.9 Å². The van der Waals surface area contributed by atoms with Crippen LogP contribution in [0.15, 0.2) is 69.8 Å². The van der Waals surface area contributed by atoms with Crippen molar-refractivity contribution in [2.45, 2.75) is 89.4 Å². The van der Waals surface area contributed by atoms with Gasteiger partial charge in [0.15, 0.2) is 0 Å². The van der Waals surface area contributed by atoms with E-state index in [0.29, 0.717) is 42.7 Å². The summed E-state index contributed by atoms with van der Waals surface area (Å²) in [4.78, 5) is 44.2. The number of hydrogen-bond donors (Lipinski definition) is 0. The molecule has 8 nitrogen and oxygen atoms in total. The summed E-state index contributed by atoms with van der Waals surface area (Å²) in [6.45, 7) is 5.80. The zero-order valence-electron chi connectivity index (χ0n) is 28.1. The SMILES string of the molecule is CCC1CC(=Nc2ccc(C(=O)N3CCCCC3C3CCN(C)CC3)cc2)N=C2C(C3=CCN(C(=O)CCC(F)(F)F)CC3)=CC=CN21. The largest absolute Gasteiger partial charge is 0.389 e. The van der Waals surface area contributed by atoms with E-state index in [9.17, 15) is 22.8 Å². The first kappa shape index (κ1) is 34.1. The summed E-state index contributed by atoms with van der Waals surface area (Å²) in [5.74, 6) is 1.72. The number of halogens is 3. The number of carbonyl (C=O) groups is 2. The fourth-order valence-electron chi connectivity index (χ4n) is 7.72. The molecule has 0 radical (unpaired) electrons. The molecular weight excluding hydrogens is 617 g/mol. The Hall–Kier alpha value is -3.73. The van der Waals surface area contributed by atoms with E-state index < -0.39 is 24.9 Å². The quantitative estimate of drug-likeness (QED) is 0.318. The second-order valence-corrected chi connectivity index (χ2v) is 13.7. The molecule has 2 fully saturated rings. The Morgan fingerprint density at radius 2 is 1.79 bits per heavy atom. The van der Waals surface area contributed by atoms with Crippen LogP contribution in [0.2, 0.25) is 0 Å². The van der Waals surface area contributed by atoms with Gasteiger partial charge in [0, 0.05) is 61.9 Å². The smallest absolute Gasteiger partial charge is 0.339 e. The molecule has 48 heavy (non-hydrogen) atoms. The minimum atomic E-state index is -4.34. The van der Waals surface area contributed by atoms with Gasteiger partial charge >= 0.3 is 6.18 Å². The summed E-state index contributed by atoms with van der Waals surface area (Å²) in [6.07, 6.45) is 9.72. The molecular formula is C37H47F3N6O2. The van der Waals surface area contributed by atoms with Crippen molar-refractivity contribution < 1.29 is 22.8 Å². The third kappa shape index (κ3) is 7.93. The van der Waals surface area contributed by atoms with E-state index in [1.807, 2.05) is 48.7 Å². The van der Waals surface area contributed by atoms with E-state index in [1.54, 1.807) is 0 Å². The van der Waals surface area contributed by atoms with Crippen molar-refractivity contribution in [1.29, 1.82) is 0 Å². The van der Waals surface area contributed by atoms with Crippen LogP contribution >= 0.6 is 0 Å². The van der Waals surface area contributed by atoms with Crippen LogP contribution in [-0.2, 0) is 4.79 Å². The minimum Gasteiger partial charge on any atom is -0.339 e. The molecule has 1 aromatic rings. The predicted molar refractivity (Wildman–Crippen MR) is 182 cm³/mol. The van der Waals surface area contributed by atoms with Crippen molar-refractivity contribution in [3.8, 4) is 0 Å². The molecule has 2 saturated heterocycles. The summed E-state index contributed by atoms with van der Waals surface area (Å²) in [6, 6.07) is 8.09. The van der Waals surface area contributed by atoms with Gasteiger partial charge in [-0.1, -0.05) is 13.0 Å². The van der Waals surface area contributed by atoms with Gasteiger partial charge in [-0.25, -0.2) is 9.98 Å². The van der Waals surface area contributed by atoms with Crippen LogP contribution in [0, 0.1) is 5.92 Å². The van der Waals surface area contributed by atoms with Crippen LogP contribution in [0.1, 0.15) is 81.5 Å². The van der Waals surface area contributed by atoms with E-state index in [0.717, 1.165) is 74.4 Å². The molecule has 6 rings (SSSR count). The predicted octanol–water partition coefficient (Wildman–Crippen LogP) is 6.89. The van der Waals surface area contributed by atoms with Crippen LogP contribution in [0.3, 0.4) is 0 Å². The number of aliphatic imine (C=N–C) groups is 2. The van der Waals surface area contributed by atoms with Crippen LogP contribution < -0.4 is 0 Å². The lowest BCUT2D eigenvalue weighted by Crippen LogP contribution is -2.50. The fourth-order valence-corrected chi connectivity index (χ4v) is 7.72. The molecule has 0 aromatic heterocycles. The van der Waals surface area contributed by atoms with Gasteiger partial charge in [-0.2, -0.15) is 13.2 Å². The number of amidine groups is 2. The second kappa shape index (κ2) is 14.8. The molecule has 2 unspecified atom stereocenters. The highest BCUT2D eigenvalue weighted by Crippen LogP contribution is 2.33. The fraction of sp³-hybridized carbons (Fsp3) is 0.568. The number of piperidine rings is 2. The van der Waals surface area contributed by atoms with Gasteiger partial charge < -0.3 is 19.6 Å². The molecule has 11 heteroatoms. The van der Waals surface area contributed by atoms with E-state index >= 15 is 0 Å². The maximum absolute atomic E-state index is 13.7. The number of fused-ring (bicyclic) bond motifs is 1. The topological polar surface area (TPSA) is 71.8 Å². The highest BCUT2D eigenvalue weighted by atomic mass is 19.4. The Labute approximate surface area is 281 Å². The first-order valence-corrected chi connectivity index (χ1v) is 17.6. The second-order valence-electron chi connectivity index (χ2n) is 13.7. The summed E-state index contributed by atoms with van der Waals surface area (Å²) in [5, 5.41) is 0. The first-order chi connectivity index (χ1) is 23.1.